The van der Waals surface area contributed by atoms with Gasteiger partial charge in [0, 0.05) is 23.3 Å². The quantitative estimate of drug-likeness (QED) is 0.839. The normalized spacial score (nSPS) is 31.5. The number of fused-ring (bicyclic) bond motifs is 1. The van der Waals surface area contributed by atoms with Gasteiger partial charge in [-0.15, -0.1) is 0 Å². The van der Waals surface area contributed by atoms with Crippen LogP contribution in [0, 0.1) is 11.8 Å². The Morgan fingerprint density at radius 3 is 2.79 bits per heavy atom. The largest absolute Gasteiger partial charge is 0.321 e. The van der Waals surface area contributed by atoms with Crippen LogP contribution < -0.4 is 5.73 Å². The van der Waals surface area contributed by atoms with Crippen LogP contribution in [0.5, 0.6) is 0 Å². The second-order valence-corrected chi connectivity index (χ2v) is 6.24. The Balaban J connectivity index is 2.17. The number of nitrogens with zero attached hydrogens (tertiary/aromatic N) is 1. The van der Waals surface area contributed by atoms with Gasteiger partial charge in [-0.1, -0.05) is 44.5 Å². The number of aromatic nitrogens is 1. The first-order valence-corrected chi connectivity index (χ1v) is 7.23. The van der Waals surface area contributed by atoms with E-state index in [1.165, 1.54) is 29.2 Å². The molecule has 0 spiro atoms. The standard InChI is InChI=1S/C17H22N2/c1-12-7-8-13(2)17(18,9-12)16-11-19-10-14-5-3-4-6-15(14)16/h3-6,10-13H,7-9,18H2,1-2H3. The van der Waals surface area contributed by atoms with Gasteiger partial charge in [-0.2, -0.15) is 0 Å². The minimum Gasteiger partial charge on any atom is -0.321 e. The average Bonchev–Trinajstić information content (AvgIpc) is 2.42. The highest BCUT2D eigenvalue weighted by atomic mass is 14.8. The molecule has 1 aliphatic carbocycles. The van der Waals surface area contributed by atoms with Gasteiger partial charge in [-0.05, 0) is 35.6 Å². The van der Waals surface area contributed by atoms with Crippen LogP contribution in [0.2, 0.25) is 0 Å². The Labute approximate surface area is 115 Å². The van der Waals surface area contributed by atoms with Crippen LogP contribution >= 0.6 is 0 Å². The third-order valence-corrected chi connectivity index (χ3v) is 4.83. The van der Waals surface area contributed by atoms with E-state index in [9.17, 15) is 0 Å². The molecule has 1 aliphatic rings. The second-order valence-electron chi connectivity index (χ2n) is 6.24. The van der Waals surface area contributed by atoms with Crippen LogP contribution in [0.15, 0.2) is 36.7 Å². The van der Waals surface area contributed by atoms with Crippen molar-refractivity contribution in [1.82, 2.24) is 4.98 Å². The van der Waals surface area contributed by atoms with E-state index >= 15 is 0 Å². The molecule has 1 aromatic carbocycles. The lowest BCUT2D eigenvalue weighted by atomic mass is 9.66. The van der Waals surface area contributed by atoms with Crippen molar-refractivity contribution in [2.75, 3.05) is 0 Å². The minimum absolute atomic E-state index is 0.231. The summed E-state index contributed by atoms with van der Waals surface area (Å²) in [6, 6.07) is 8.44. The fourth-order valence-electron chi connectivity index (χ4n) is 3.53. The number of rotatable bonds is 1. The predicted molar refractivity (Wildman–Crippen MR) is 79.8 cm³/mol. The number of hydrogen-bond acceptors (Lipinski definition) is 2. The molecule has 0 amide bonds. The Bertz CT molecular complexity index is 587. The fraction of sp³-hybridized carbons (Fsp3) is 0.471. The molecule has 2 heteroatoms. The molecule has 0 aliphatic heterocycles. The fourth-order valence-corrected chi connectivity index (χ4v) is 3.53. The molecule has 2 N–H and O–H groups in total. The summed E-state index contributed by atoms with van der Waals surface area (Å²) in [7, 11) is 0. The second kappa shape index (κ2) is 4.61. The first kappa shape index (κ1) is 12.6. The third-order valence-electron chi connectivity index (χ3n) is 4.83. The Morgan fingerprint density at radius 2 is 1.95 bits per heavy atom. The van der Waals surface area contributed by atoms with Crippen LogP contribution in [0.25, 0.3) is 10.8 Å². The van der Waals surface area contributed by atoms with E-state index in [0.717, 1.165) is 6.42 Å². The molecule has 3 unspecified atom stereocenters. The average molecular weight is 254 g/mol. The molecule has 1 fully saturated rings. The summed E-state index contributed by atoms with van der Waals surface area (Å²) in [6.45, 7) is 4.60. The lowest BCUT2D eigenvalue weighted by Crippen LogP contribution is -2.47. The van der Waals surface area contributed by atoms with Crippen LogP contribution in [0.1, 0.15) is 38.7 Å². The van der Waals surface area contributed by atoms with Gasteiger partial charge < -0.3 is 5.73 Å². The van der Waals surface area contributed by atoms with Gasteiger partial charge in [0.2, 0.25) is 0 Å². The molecule has 2 nitrogen and oxygen atoms in total. The zero-order valence-corrected chi connectivity index (χ0v) is 11.8. The van der Waals surface area contributed by atoms with Crippen molar-refractivity contribution >= 4 is 10.8 Å². The molecule has 0 radical (unpaired) electrons. The number of nitrogens with two attached hydrogens (primary N) is 1. The van der Waals surface area contributed by atoms with Crippen molar-refractivity contribution < 1.29 is 0 Å². The molecule has 3 rings (SSSR count). The molecule has 3 atom stereocenters. The van der Waals surface area contributed by atoms with Crippen molar-refractivity contribution in [2.24, 2.45) is 17.6 Å². The summed E-state index contributed by atoms with van der Waals surface area (Å²) < 4.78 is 0. The van der Waals surface area contributed by atoms with Gasteiger partial charge in [0.05, 0.1) is 0 Å². The van der Waals surface area contributed by atoms with Crippen LogP contribution in [-0.2, 0) is 5.54 Å². The van der Waals surface area contributed by atoms with E-state index < -0.39 is 0 Å². The van der Waals surface area contributed by atoms with Gasteiger partial charge in [0.15, 0.2) is 0 Å². The van der Waals surface area contributed by atoms with E-state index in [0.29, 0.717) is 11.8 Å². The molecular formula is C17H22N2. The van der Waals surface area contributed by atoms with E-state index in [1.807, 2.05) is 12.4 Å². The highest BCUT2D eigenvalue weighted by Gasteiger charge is 2.39. The number of benzene rings is 1. The van der Waals surface area contributed by atoms with Gasteiger partial charge in [-0.25, -0.2) is 0 Å². The molecule has 1 heterocycles. The smallest absolute Gasteiger partial charge is 0.0459 e. The first-order chi connectivity index (χ1) is 9.11. The van der Waals surface area contributed by atoms with E-state index in [4.69, 9.17) is 5.73 Å². The highest BCUT2D eigenvalue weighted by Crippen LogP contribution is 2.43. The molecule has 19 heavy (non-hydrogen) atoms. The van der Waals surface area contributed by atoms with Crippen LogP contribution in [0.3, 0.4) is 0 Å². The van der Waals surface area contributed by atoms with Crippen molar-refractivity contribution in [3.05, 3.63) is 42.2 Å². The lowest BCUT2D eigenvalue weighted by molar-refractivity contribution is 0.163. The van der Waals surface area contributed by atoms with Gasteiger partial charge >= 0.3 is 0 Å². The maximum Gasteiger partial charge on any atom is 0.0459 e. The summed E-state index contributed by atoms with van der Waals surface area (Å²) in [5, 5.41) is 2.45. The number of hydrogen-bond donors (Lipinski definition) is 1. The molecule has 0 bridgehead atoms. The van der Waals surface area contributed by atoms with Crippen molar-refractivity contribution in [3.63, 3.8) is 0 Å². The van der Waals surface area contributed by atoms with Crippen molar-refractivity contribution in [3.8, 4) is 0 Å². The van der Waals surface area contributed by atoms with Gasteiger partial charge in [-0.3, -0.25) is 4.98 Å². The van der Waals surface area contributed by atoms with Gasteiger partial charge in [0.25, 0.3) is 0 Å². The van der Waals surface area contributed by atoms with Crippen LogP contribution in [-0.4, -0.2) is 4.98 Å². The highest BCUT2D eigenvalue weighted by molar-refractivity contribution is 5.85. The Kier molecular flexibility index (Phi) is 3.06. The Hall–Kier alpha value is -1.41. The summed E-state index contributed by atoms with van der Waals surface area (Å²) in [5.74, 6) is 1.21. The first-order valence-electron chi connectivity index (χ1n) is 7.23. The third kappa shape index (κ3) is 2.04. The van der Waals surface area contributed by atoms with Gasteiger partial charge in [0.1, 0.15) is 0 Å². The summed E-state index contributed by atoms with van der Waals surface area (Å²) >= 11 is 0. The monoisotopic (exact) mass is 254 g/mol. The van der Waals surface area contributed by atoms with Crippen molar-refractivity contribution in [2.45, 2.75) is 38.6 Å². The van der Waals surface area contributed by atoms with Crippen molar-refractivity contribution in [1.29, 1.82) is 0 Å². The molecule has 0 saturated heterocycles. The molecule has 100 valence electrons. The SMILES string of the molecule is CC1CCC(C)C(N)(c2cncc3ccccc23)C1. The summed E-state index contributed by atoms with van der Waals surface area (Å²) in [4.78, 5) is 4.41. The molecule has 2 aromatic rings. The predicted octanol–water partition coefficient (Wildman–Crippen LogP) is 3.84. The zero-order chi connectivity index (χ0) is 13.5. The van der Waals surface area contributed by atoms with Crippen LogP contribution in [0.4, 0.5) is 0 Å². The minimum atomic E-state index is -0.231. The van der Waals surface area contributed by atoms with E-state index in [-0.39, 0.29) is 5.54 Å². The zero-order valence-electron chi connectivity index (χ0n) is 11.8. The molecular weight excluding hydrogens is 232 g/mol. The maximum atomic E-state index is 6.84. The number of pyridine rings is 1. The molecule has 1 saturated carbocycles. The lowest BCUT2D eigenvalue weighted by Gasteiger charge is -2.43. The van der Waals surface area contributed by atoms with E-state index in [2.05, 4.69) is 43.1 Å². The topological polar surface area (TPSA) is 38.9 Å². The Morgan fingerprint density at radius 1 is 1.16 bits per heavy atom. The summed E-state index contributed by atoms with van der Waals surface area (Å²) in [6.07, 6.45) is 7.47. The maximum absolute atomic E-state index is 6.84. The summed E-state index contributed by atoms with van der Waals surface area (Å²) in [5.41, 5.74) is 7.84. The van der Waals surface area contributed by atoms with E-state index in [1.54, 1.807) is 0 Å². The molecule has 1 aromatic heterocycles.